The van der Waals surface area contributed by atoms with Crippen molar-refractivity contribution in [2.24, 2.45) is 0 Å². The number of halogens is 1. The van der Waals surface area contributed by atoms with E-state index in [2.05, 4.69) is 26.7 Å². The minimum Gasteiger partial charge on any atom is -0.395 e. The molecule has 2 aliphatic heterocycles. The van der Waals surface area contributed by atoms with Gasteiger partial charge in [0.15, 0.2) is 0 Å². The van der Waals surface area contributed by atoms with Gasteiger partial charge in [0.2, 0.25) is 0 Å². The van der Waals surface area contributed by atoms with E-state index in [1.165, 1.54) is 19.3 Å². The smallest absolute Gasteiger partial charge is 0.100 e. The van der Waals surface area contributed by atoms with Crippen molar-refractivity contribution in [3.05, 3.63) is 0 Å². The maximum atomic E-state index is 11.2. The van der Waals surface area contributed by atoms with Crippen LogP contribution in [0.5, 0.6) is 0 Å². The third-order valence-corrected chi connectivity index (χ3v) is 3.95. The normalized spacial score (nSPS) is 21.3. The van der Waals surface area contributed by atoms with E-state index in [4.69, 9.17) is 5.11 Å². The van der Waals surface area contributed by atoms with Crippen LogP contribution >= 0.6 is 0 Å². The molecule has 0 atom stereocenters. The summed E-state index contributed by atoms with van der Waals surface area (Å²) in [6.45, 7) is 8.83. The number of aliphatic hydroxyl groups excluding tert-OH is 1. The van der Waals surface area contributed by atoms with Crippen molar-refractivity contribution in [3.63, 3.8) is 0 Å². The summed E-state index contributed by atoms with van der Waals surface area (Å²) in [6.07, 6.45) is 3.84. The van der Waals surface area contributed by atoms with Gasteiger partial charge in [-0.2, -0.15) is 4.94 Å². The Labute approximate surface area is 153 Å². The second-order valence-electron chi connectivity index (χ2n) is 5.58. The Balaban J connectivity index is 0.000000364. The van der Waals surface area contributed by atoms with Crippen LogP contribution in [0.4, 0.5) is 4.53 Å². The van der Waals surface area contributed by atoms with Gasteiger partial charge in [-0.05, 0) is 37.5 Å². The van der Waals surface area contributed by atoms with Crippen LogP contribution in [0.25, 0.3) is 0 Å². The molecule has 2 heterocycles. The second kappa shape index (κ2) is 14.4. The molecule has 0 aromatic carbocycles. The Hall–Kier alpha value is 0.834. The molecular weight excluding hydrogens is 350 g/mol. The van der Waals surface area contributed by atoms with E-state index >= 15 is 0 Å². The molecule has 0 saturated carbocycles. The predicted molar refractivity (Wildman–Crippen MR) is 78.4 cm³/mol. The fourth-order valence-corrected chi connectivity index (χ4v) is 2.56. The van der Waals surface area contributed by atoms with E-state index in [1.807, 2.05) is 0 Å². The molecule has 1 radical (unpaired) electrons. The summed E-state index contributed by atoms with van der Waals surface area (Å²) in [6, 6.07) is 0. The van der Waals surface area contributed by atoms with E-state index in [0.717, 1.165) is 52.4 Å². The maximum absolute atomic E-state index is 11.2. The van der Waals surface area contributed by atoms with Crippen molar-refractivity contribution < 1.29 is 47.3 Å². The van der Waals surface area contributed by atoms with Crippen molar-refractivity contribution in [1.82, 2.24) is 14.7 Å². The van der Waals surface area contributed by atoms with E-state index in [-0.39, 0.29) is 39.3 Å². The van der Waals surface area contributed by atoms with Gasteiger partial charge in [0.25, 0.3) is 0 Å². The first-order chi connectivity index (χ1) is 9.76. The van der Waals surface area contributed by atoms with Crippen LogP contribution in [0.3, 0.4) is 0 Å². The van der Waals surface area contributed by atoms with Crippen LogP contribution in [0.2, 0.25) is 0 Å². The summed E-state index contributed by atoms with van der Waals surface area (Å²) in [4.78, 5) is 10.3. The molecule has 1 N–H and O–H groups in total. The van der Waals surface area contributed by atoms with E-state index in [0.29, 0.717) is 6.61 Å². The Bertz CT molecular complexity index is 222. The van der Waals surface area contributed by atoms with Crippen LogP contribution in [0.1, 0.15) is 19.3 Å². The van der Waals surface area contributed by atoms with Gasteiger partial charge in [0.05, 0.1) is 6.61 Å². The number of hydrogen-bond donors (Lipinski definition) is 1. The number of β-amino-alcohol motifs (C(OH)–C–C–N with tert-alkyl or cyclic N) is 1. The van der Waals surface area contributed by atoms with Crippen molar-refractivity contribution in [2.75, 3.05) is 72.6 Å². The fourth-order valence-electron chi connectivity index (χ4n) is 2.56. The molecule has 2 fully saturated rings. The third-order valence-electron chi connectivity index (χ3n) is 3.95. The molecule has 0 amide bonds. The van der Waals surface area contributed by atoms with Gasteiger partial charge in [0, 0.05) is 72.0 Å². The number of hydrogen-bond acceptors (Lipinski definition) is 5. The first kappa shape index (κ1) is 21.8. The molecule has 123 valence electrons. The van der Waals surface area contributed by atoms with Gasteiger partial charge in [-0.15, -0.1) is 0 Å². The molecule has 0 aromatic heterocycles. The van der Waals surface area contributed by atoms with Crippen LogP contribution in [-0.4, -0.2) is 92.4 Å². The number of likely N-dealkylation sites (N-methyl/N-ethyl adjacent to an activating group) is 1. The maximum Gasteiger partial charge on any atom is 0.100 e. The Morgan fingerprint density at radius 2 is 1.48 bits per heavy atom. The topological polar surface area (TPSA) is 39.2 Å². The number of likely N-dealkylation sites (tertiary alicyclic amines) is 1. The number of rotatable bonds is 5. The number of nitrogens with zero attached hydrogens (tertiary/aromatic N) is 3. The minimum absolute atomic E-state index is 0. The standard InChI is InChI=1S/C7H14FNO.C7H16N2O.Y/c8-10-7-6-9-4-2-1-3-5-9;1-8-2-4-9(5-3-8)6-7-10;/h1-7H2;10H,2-7H2,1H3;. The molecular formula is C14H30FN3O2Y. The Morgan fingerprint density at radius 1 is 0.905 bits per heavy atom. The summed E-state index contributed by atoms with van der Waals surface area (Å²) in [5.74, 6) is 0. The quantitative estimate of drug-likeness (QED) is 0.757. The zero-order valence-corrected chi connectivity index (χ0v) is 16.2. The molecule has 0 spiro atoms. The summed E-state index contributed by atoms with van der Waals surface area (Å²) in [7, 11) is 2.14. The molecule has 7 heteroatoms. The van der Waals surface area contributed by atoms with Crippen LogP contribution in [0.15, 0.2) is 0 Å². The zero-order chi connectivity index (χ0) is 14.6. The molecule has 0 aliphatic carbocycles. The Kier molecular flexibility index (Phi) is 15.0. The number of piperazine rings is 1. The van der Waals surface area contributed by atoms with Gasteiger partial charge in [0.1, 0.15) is 6.61 Å². The summed E-state index contributed by atoms with van der Waals surface area (Å²) >= 11 is 0. The van der Waals surface area contributed by atoms with Crippen LogP contribution in [-0.2, 0) is 37.7 Å². The molecule has 0 unspecified atom stereocenters. The summed E-state index contributed by atoms with van der Waals surface area (Å²) in [5.41, 5.74) is 0. The minimum atomic E-state index is 0. The fraction of sp³-hybridized carbons (Fsp3) is 1.00. The van der Waals surface area contributed by atoms with Gasteiger partial charge >= 0.3 is 0 Å². The van der Waals surface area contributed by atoms with Crippen molar-refractivity contribution in [3.8, 4) is 0 Å². The number of aliphatic hydroxyl groups is 1. The van der Waals surface area contributed by atoms with Crippen LogP contribution in [0, 0.1) is 0 Å². The summed E-state index contributed by atoms with van der Waals surface area (Å²) < 4.78 is 11.2. The van der Waals surface area contributed by atoms with E-state index in [1.54, 1.807) is 0 Å². The van der Waals surface area contributed by atoms with Gasteiger partial charge in [-0.3, -0.25) is 4.90 Å². The van der Waals surface area contributed by atoms with E-state index < -0.39 is 0 Å². The van der Waals surface area contributed by atoms with Crippen molar-refractivity contribution in [1.29, 1.82) is 0 Å². The monoisotopic (exact) mass is 380 g/mol. The average Bonchev–Trinajstić information content (AvgIpc) is 2.49. The Morgan fingerprint density at radius 3 is 2.00 bits per heavy atom. The molecule has 0 bridgehead atoms. The SMILES string of the molecule is CN1CCN(CCO)CC1.FOCCN1CCCCC1.[Y]. The predicted octanol–water partition coefficient (Wildman–Crippen LogP) is 0.597. The molecule has 2 saturated heterocycles. The molecule has 2 rings (SSSR count). The third kappa shape index (κ3) is 11.1. The molecule has 21 heavy (non-hydrogen) atoms. The van der Waals surface area contributed by atoms with Crippen LogP contribution < -0.4 is 0 Å². The first-order valence-electron chi connectivity index (χ1n) is 7.74. The average molecular weight is 380 g/mol. The van der Waals surface area contributed by atoms with Gasteiger partial charge in [-0.1, -0.05) is 6.42 Å². The van der Waals surface area contributed by atoms with Gasteiger partial charge in [-0.25, -0.2) is 0 Å². The van der Waals surface area contributed by atoms with Gasteiger partial charge < -0.3 is 14.9 Å². The molecule has 5 nitrogen and oxygen atoms in total. The van der Waals surface area contributed by atoms with E-state index in [9.17, 15) is 4.53 Å². The van der Waals surface area contributed by atoms with Crippen molar-refractivity contribution in [2.45, 2.75) is 19.3 Å². The number of piperidine rings is 1. The molecule has 0 aromatic rings. The molecule has 2 aliphatic rings. The first-order valence-corrected chi connectivity index (χ1v) is 7.74. The largest absolute Gasteiger partial charge is 0.395 e. The van der Waals surface area contributed by atoms with Crippen molar-refractivity contribution >= 4 is 0 Å². The summed E-state index contributed by atoms with van der Waals surface area (Å²) in [5, 5.41) is 8.63. The second-order valence-corrected chi connectivity index (χ2v) is 5.58. The zero-order valence-electron chi connectivity index (χ0n) is 13.3.